The zero-order valence-electron chi connectivity index (χ0n) is 30.1. The summed E-state index contributed by atoms with van der Waals surface area (Å²) in [5.41, 5.74) is 9.88. The highest BCUT2D eigenvalue weighted by atomic mass is 32.1. The van der Waals surface area contributed by atoms with Crippen molar-refractivity contribution >= 4 is 113 Å². The zero-order valence-corrected chi connectivity index (χ0v) is 31.7. The van der Waals surface area contributed by atoms with Crippen LogP contribution in [0.15, 0.2) is 192 Å². The van der Waals surface area contributed by atoms with Gasteiger partial charge in [0, 0.05) is 52.1 Å². The van der Waals surface area contributed by atoms with Crippen LogP contribution in [0.3, 0.4) is 0 Å². The molecule has 0 aliphatic heterocycles. The summed E-state index contributed by atoms with van der Waals surface area (Å²) in [6.45, 7) is 0. The first-order chi connectivity index (χ1) is 27.7. The van der Waals surface area contributed by atoms with Crippen molar-refractivity contribution in [3.63, 3.8) is 0 Å². The Labute approximate surface area is 330 Å². The minimum atomic E-state index is 0.885. The largest absolute Gasteiger partial charge is 0.453 e. The fraction of sp³-hybridized carbons (Fsp3) is 0. The summed E-state index contributed by atoms with van der Waals surface area (Å²) in [7, 11) is 0. The Morgan fingerprint density at radius 1 is 0.357 bits per heavy atom. The SMILES string of the molecule is c1ccc(-c2ccc3ccc(-c4ccc(N(c5cccc6c5oc5c6ccc6sc7ccccc7c65)c5cccc6c5sc5ccccc56)cc4)cc3c2)cc1. The van der Waals surface area contributed by atoms with Gasteiger partial charge in [0.2, 0.25) is 0 Å². The molecule has 0 saturated carbocycles. The number of hydrogen-bond donors (Lipinski definition) is 0. The van der Waals surface area contributed by atoms with E-state index in [0.717, 1.165) is 39.0 Å². The molecule has 0 spiro atoms. The monoisotopic (exact) mass is 749 g/mol. The quantitative estimate of drug-likeness (QED) is 0.174. The highest BCUT2D eigenvalue weighted by molar-refractivity contribution is 7.26. The van der Waals surface area contributed by atoms with Crippen molar-refractivity contribution in [2.24, 2.45) is 0 Å². The number of thiophene rings is 2. The van der Waals surface area contributed by atoms with Crippen LogP contribution in [-0.4, -0.2) is 0 Å². The van der Waals surface area contributed by atoms with Gasteiger partial charge < -0.3 is 9.32 Å². The molecule has 0 atom stereocenters. The molecule has 0 aliphatic carbocycles. The Morgan fingerprint density at radius 2 is 0.964 bits per heavy atom. The molecule has 0 amide bonds. The van der Waals surface area contributed by atoms with Crippen LogP contribution in [0, 0.1) is 0 Å². The van der Waals surface area contributed by atoms with E-state index in [-0.39, 0.29) is 0 Å². The normalized spacial score (nSPS) is 11.9. The molecule has 12 rings (SSSR count). The average Bonchev–Trinajstić information content (AvgIpc) is 3.96. The maximum Gasteiger partial charge on any atom is 0.159 e. The molecular formula is C52H31NOS2. The fourth-order valence-corrected chi connectivity index (χ4v) is 10.9. The molecule has 0 bridgehead atoms. The van der Waals surface area contributed by atoms with E-state index in [4.69, 9.17) is 4.42 Å². The third-order valence-electron chi connectivity index (χ3n) is 11.3. The van der Waals surface area contributed by atoms with Crippen LogP contribution in [0.25, 0.3) is 95.3 Å². The second-order valence-corrected chi connectivity index (χ2v) is 16.6. The zero-order chi connectivity index (χ0) is 36.7. The van der Waals surface area contributed by atoms with Gasteiger partial charge in [0.1, 0.15) is 5.58 Å². The minimum Gasteiger partial charge on any atom is -0.453 e. The second kappa shape index (κ2) is 12.4. The van der Waals surface area contributed by atoms with Crippen LogP contribution in [0.5, 0.6) is 0 Å². The highest BCUT2D eigenvalue weighted by Crippen LogP contribution is 2.49. The molecule has 3 aromatic heterocycles. The van der Waals surface area contributed by atoms with Crippen LogP contribution in [0.2, 0.25) is 0 Å². The fourth-order valence-electron chi connectivity index (χ4n) is 8.58. The van der Waals surface area contributed by atoms with E-state index < -0.39 is 0 Å². The summed E-state index contributed by atoms with van der Waals surface area (Å²) < 4.78 is 12.2. The molecule has 2 nitrogen and oxygen atoms in total. The number of hydrogen-bond acceptors (Lipinski definition) is 4. The molecular weight excluding hydrogens is 719 g/mol. The number of anilines is 3. The maximum absolute atomic E-state index is 7.10. The third kappa shape index (κ3) is 4.86. The summed E-state index contributed by atoms with van der Waals surface area (Å²) in [6.07, 6.45) is 0. The Kier molecular flexibility index (Phi) is 7.00. The lowest BCUT2D eigenvalue weighted by Crippen LogP contribution is -2.10. The molecule has 12 aromatic rings. The van der Waals surface area contributed by atoms with Gasteiger partial charge >= 0.3 is 0 Å². The number of rotatable bonds is 5. The van der Waals surface area contributed by atoms with Crippen LogP contribution in [0.1, 0.15) is 0 Å². The molecule has 0 fully saturated rings. The van der Waals surface area contributed by atoms with Crippen molar-refractivity contribution in [1.82, 2.24) is 0 Å². The predicted molar refractivity (Wildman–Crippen MR) is 243 cm³/mol. The highest BCUT2D eigenvalue weighted by Gasteiger charge is 2.23. The van der Waals surface area contributed by atoms with Crippen molar-refractivity contribution in [2.45, 2.75) is 0 Å². The summed E-state index contributed by atoms with van der Waals surface area (Å²) in [6, 6.07) is 68.3. The summed E-state index contributed by atoms with van der Waals surface area (Å²) >= 11 is 3.67. The summed E-state index contributed by atoms with van der Waals surface area (Å²) in [4.78, 5) is 2.40. The molecule has 0 aliphatic rings. The predicted octanol–water partition coefficient (Wildman–Crippen LogP) is 16.3. The van der Waals surface area contributed by atoms with E-state index in [2.05, 4.69) is 193 Å². The summed E-state index contributed by atoms with van der Waals surface area (Å²) in [5.74, 6) is 0. The smallest absolute Gasteiger partial charge is 0.159 e. The molecule has 3 heterocycles. The molecule has 9 aromatic carbocycles. The Balaban J connectivity index is 1.05. The minimum absolute atomic E-state index is 0.885. The number of furan rings is 1. The molecule has 0 radical (unpaired) electrons. The van der Waals surface area contributed by atoms with E-state index >= 15 is 0 Å². The van der Waals surface area contributed by atoms with Gasteiger partial charge in [0.05, 0.1) is 16.1 Å². The Hall–Kier alpha value is -6.72. The first-order valence-corrected chi connectivity index (χ1v) is 20.5. The van der Waals surface area contributed by atoms with Gasteiger partial charge in [-0.05, 0) is 93.7 Å². The van der Waals surface area contributed by atoms with E-state index in [1.54, 1.807) is 0 Å². The lowest BCUT2D eigenvalue weighted by atomic mass is 9.97. The van der Waals surface area contributed by atoms with Gasteiger partial charge in [-0.15, -0.1) is 22.7 Å². The first-order valence-electron chi connectivity index (χ1n) is 18.9. The summed E-state index contributed by atoms with van der Waals surface area (Å²) in [5, 5.41) is 9.70. The second-order valence-electron chi connectivity index (χ2n) is 14.4. The van der Waals surface area contributed by atoms with Crippen molar-refractivity contribution in [3.05, 3.63) is 188 Å². The van der Waals surface area contributed by atoms with Gasteiger partial charge in [-0.1, -0.05) is 127 Å². The van der Waals surface area contributed by atoms with Crippen LogP contribution in [-0.2, 0) is 0 Å². The van der Waals surface area contributed by atoms with Crippen molar-refractivity contribution in [1.29, 1.82) is 0 Å². The number of para-hydroxylation sites is 1. The van der Waals surface area contributed by atoms with Crippen molar-refractivity contribution < 1.29 is 4.42 Å². The Bertz CT molecular complexity index is 3480. The number of nitrogens with zero attached hydrogens (tertiary/aromatic N) is 1. The average molecular weight is 750 g/mol. The molecule has 0 saturated heterocycles. The van der Waals surface area contributed by atoms with Crippen LogP contribution < -0.4 is 4.90 Å². The van der Waals surface area contributed by atoms with E-state index in [0.29, 0.717) is 0 Å². The molecule has 0 unspecified atom stereocenters. The van der Waals surface area contributed by atoms with E-state index in [1.807, 2.05) is 22.7 Å². The van der Waals surface area contributed by atoms with Crippen molar-refractivity contribution in [2.75, 3.05) is 4.90 Å². The third-order valence-corrected chi connectivity index (χ3v) is 13.6. The molecule has 56 heavy (non-hydrogen) atoms. The number of benzene rings is 9. The van der Waals surface area contributed by atoms with Crippen LogP contribution in [0.4, 0.5) is 17.1 Å². The maximum atomic E-state index is 7.10. The molecule has 262 valence electrons. The lowest BCUT2D eigenvalue weighted by molar-refractivity contribution is 0.673. The lowest BCUT2D eigenvalue weighted by Gasteiger charge is -2.26. The first kappa shape index (κ1) is 31.6. The van der Waals surface area contributed by atoms with E-state index in [1.165, 1.54) is 73.4 Å². The van der Waals surface area contributed by atoms with Gasteiger partial charge in [-0.25, -0.2) is 0 Å². The Morgan fingerprint density at radius 3 is 1.75 bits per heavy atom. The van der Waals surface area contributed by atoms with Crippen LogP contribution >= 0.6 is 22.7 Å². The number of fused-ring (bicyclic) bond motifs is 11. The standard InChI is InChI=1S/C52H31NOS2/c1-2-10-32(11-3-1)35-22-20-34-21-23-36(31-37(34)30-35)33-24-26-38(27-25-33)53(45-17-9-15-42-39-12-4-6-18-46(39)56-52(42)45)44-16-8-14-40-41-28-29-48-49(51(41)54-50(40)44)43-13-5-7-19-47(43)55-48/h1-31H. The topological polar surface area (TPSA) is 16.4 Å². The van der Waals surface area contributed by atoms with E-state index in [9.17, 15) is 0 Å². The van der Waals surface area contributed by atoms with Gasteiger partial charge in [-0.2, -0.15) is 0 Å². The van der Waals surface area contributed by atoms with Gasteiger partial charge in [0.25, 0.3) is 0 Å². The van der Waals surface area contributed by atoms with Gasteiger partial charge in [0.15, 0.2) is 5.58 Å². The van der Waals surface area contributed by atoms with Crippen molar-refractivity contribution in [3.8, 4) is 22.3 Å². The molecule has 4 heteroatoms. The molecule has 0 N–H and O–H groups in total. The van der Waals surface area contributed by atoms with Gasteiger partial charge in [-0.3, -0.25) is 0 Å².